The first-order valence-corrected chi connectivity index (χ1v) is 7.36. The highest BCUT2D eigenvalue weighted by Gasteiger charge is 2.28. The maximum Gasteiger partial charge on any atom is 0.408 e. The van der Waals surface area contributed by atoms with Crippen molar-refractivity contribution in [1.82, 2.24) is 5.32 Å². The molecule has 0 aliphatic rings. The van der Waals surface area contributed by atoms with E-state index in [1.807, 2.05) is 13.8 Å². The molecule has 1 atom stereocenters. The molecule has 2 N–H and O–H groups in total. The van der Waals surface area contributed by atoms with Gasteiger partial charge in [-0.25, -0.2) is 9.59 Å². The fraction of sp³-hybridized carbons (Fsp3) is 0.733. The average molecular weight is 331 g/mol. The lowest BCUT2D eigenvalue weighted by Gasteiger charge is -2.23. The molecule has 0 bridgehead atoms. The first-order valence-electron chi connectivity index (χ1n) is 7.36. The average Bonchev–Trinajstić information content (AvgIpc) is 2.32. The van der Waals surface area contributed by atoms with E-state index in [-0.39, 0.29) is 12.3 Å². The summed E-state index contributed by atoms with van der Waals surface area (Å²) in [6.45, 7) is 8.71. The summed E-state index contributed by atoms with van der Waals surface area (Å²) in [6, 6.07) is -1.04. The van der Waals surface area contributed by atoms with E-state index in [2.05, 4.69) is 10.1 Å². The molecule has 0 saturated carbocycles. The molecule has 0 radical (unpaired) electrons. The molecule has 0 aromatic heterocycles. The summed E-state index contributed by atoms with van der Waals surface area (Å²) in [5, 5.41) is 10.9. The van der Waals surface area contributed by atoms with Gasteiger partial charge in [0.1, 0.15) is 11.6 Å². The third kappa shape index (κ3) is 11.1. The predicted octanol–water partition coefficient (Wildman–Crippen LogP) is 1.86. The number of hydrogen-bond donors (Lipinski definition) is 2. The van der Waals surface area contributed by atoms with Crippen LogP contribution >= 0.6 is 0 Å². The first kappa shape index (κ1) is 20.9. The van der Waals surface area contributed by atoms with E-state index in [1.165, 1.54) is 0 Å². The largest absolute Gasteiger partial charge is 0.481 e. The van der Waals surface area contributed by atoms with Gasteiger partial charge < -0.3 is 19.9 Å². The molecule has 0 saturated heterocycles. The van der Waals surface area contributed by atoms with Crippen LogP contribution in [0.5, 0.6) is 0 Å². The molecule has 0 heterocycles. The molecule has 23 heavy (non-hydrogen) atoms. The second-order valence-electron chi connectivity index (χ2n) is 6.52. The number of carboxylic acids is 1. The number of carbonyl (C=O) groups is 4. The Morgan fingerprint density at radius 2 is 1.65 bits per heavy atom. The molecule has 0 aromatic rings. The van der Waals surface area contributed by atoms with Crippen molar-refractivity contribution in [2.24, 2.45) is 5.92 Å². The zero-order valence-corrected chi connectivity index (χ0v) is 14.2. The maximum atomic E-state index is 12.0. The second kappa shape index (κ2) is 9.12. The van der Waals surface area contributed by atoms with E-state index >= 15 is 0 Å². The normalized spacial score (nSPS) is 12.4. The summed E-state index contributed by atoms with van der Waals surface area (Å²) in [5.41, 5.74) is -0.728. The topological polar surface area (TPSA) is 119 Å². The summed E-state index contributed by atoms with van der Waals surface area (Å²) in [4.78, 5) is 45.5. The van der Waals surface area contributed by atoms with Crippen molar-refractivity contribution in [3.8, 4) is 0 Å². The van der Waals surface area contributed by atoms with E-state index in [4.69, 9.17) is 9.84 Å². The van der Waals surface area contributed by atoms with Crippen molar-refractivity contribution < 1.29 is 33.8 Å². The number of ether oxygens (including phenoxy) is 2. The Morgan fingerprint density at radius 1 is 1.09 bits per heavy atom. The third-order valence-electron chi connectivity index (χ3n) is 2.44. The fourth-order valence-corrected chi connectivity index (χ4v) is 1.58. The molecule has 8 heteroatoms. The lowest BCUT2D eigenvalue weighted by molar-refractivity contribution is -0.162. The number of amides is 1. The van der Waals surface area contributed by atoms with Crippen LogP contribution in [0.15, 0.2) is 0 Å². The summed E-state index contributed by atoms with van der Waals surface area (Å²) in [5.74, 6) is -2.99. The molecular weight excluding hydrogens is 306 g/mol. The van der Waals surface area contributed by atoms with E-state index in [1.54, 1.807) is 20.8 Å². The van der Waals surface area contributed by atoms with Gasteiger partial charge in [-0.05, 0) is 33.1 Å². The van der Waals surface area contributed by atoms with Crippen molar-refractivity contribution in [3.05, 3.63) is 0 Å². The van der Waals surface area contributed by atoms with Crippen LogP contribution in [0, 0.1) is 5.92 Å². The Bertz CT molecular complexity index is 451. The molecule has 8 nitrogen and oxygen atoms in total. The quantitative estimate of drug-likeness (QED) is 0.540. The van der Waals surface area contributed by atoms with Crippen LogP contribution in [-0.2, 0) is 23.9 Å². The predicted molar refractivity (Wildman–Crippen MR) is 80.6 cm³/mol. The molecule has 0 spiro atoms. The molecule has 0 aromatic carbocycles. The summed E-state index contributed by atoms with van der Waals surface area (Å²) in [7, 11) is 0. The van der Waals surface area contributed by atoms with Crippen molar-refractivity contribution in [2.45, 2.75) is 65.5 Å². The Morgan fingerprint density at radius 3 is 2.09 bits per heavy atom. The molecule has 0 fully saturated rings. The molecule has 1 amide bonds. The fourth-order valence-electron chi connectivity index (χ4n) is 1.58. The maximum absolute atomic E-state index is 12.0. The van der Waals surface area contributed by atoms with Gasteiger partial charge in [0.2, 0.25) is 0 Å². The highest BCUT2D eigenvalue weighted by atomic mass is 16.6. The minimum absolute atomic E-state index is 0.0524. The van der Waals surface area contributed by atoms with Crippen LogP contribution in [0.4, 0.5) is 4.79 Å². The molecule has 0 rings (SSSR count). The third-order valence-corrected chi connectivity index (χ3v) is 2.44. The zero-order valence-electron chi connectivity index (χ0n) is 14.2. The van der Waals surface area contributed by atoms with Crippen LogP contribution in [0.3, 0.4) is 0 Å². The SMILES string of the molecule is CC(C)C[C@H](NC(=O)OC(C)(C)C)C(=O)OC(=O)CCC(=O)O. The number of carbonyl (C=O) groups excluding carboxylic acids is 3. The smallest absolute Gasteiger partial charge is 0.408 e. The minimum atomic E-state index is -1.17. The van der Waals surface area contributed by atoms with Crippen molar-refractivity contribution in [1.29, 1.82) is 0 Å². The molecular formula is C15H25NO7. The Labute approximate surface area is 135 Å². The van der Waals surface area contributed by atoms with Crippen LogP contribution in [0.2, 0.25) is 0 Å². The number of nitrogens with one attached hydrogen (secondary N) is 1. The van der Waals surface area contributed by atoms with Crippen LogP contribution < -0.4 is 5.32 Å². The van der Waals surface area contributed by atoms with Gasteiger partial charge in [0.25, 0.3) is 0 Å². The van der Waals surface area contributed by atoms with E-state index in [0.717, 1.165) is 0 Å². The van der Waals surface area contributed by atoms with E-state index in [9.17, 15) is 19.2 Å². The van der Waals surface area contributed by atoms with Gasteiger partial charge in [-0.2, -0.15) is 0 Å². The number of alkyl carbamates (subject to hydrolysis) is 1. The lowest BCUT2D eigenvalue weighted by Crippen LogP contribution is -2.45. The van der Waals surface area contributed by atoms with Crippen LogP contribution in [0.1, 0.15) is 53.9 Å². The molecule has 132 valence electrons. The van der Waals surface area contributed by atoms with Gasteiger partial charge in [0, 0.05) is 0 Å². The molecule has 0 unspecified atom stereocenters. The van der Waals surface area contributed by atoms with E-state index < -0.39 is 48.5 Å². The van der Waals surface area contributed by atoms with Gasteiger partial charge in [0.05, 0.1) is 12.8 Å². The Balaban J connectivity index is 4.69. The number of carboxylic acid groups (broad SMARTS) is 1. The number of hydrogen-bond acceptors (Lipinski definition) is 6. The van der Waals surface area contributed by atoms with Crippen molar-refractivity contribution in [2.75, 3.05) is 0 Å². The lowest BCUT2D eigenvalue weighted by atomic mass is 10.0. The number of aliphatic carboxylic acids is 1. The molecule has 0 aliphatic heterocycles. The van der Waals surface area contributed by atoms with Gasteiger partial charge in [-0.15, -0.1) is 0 Å². The van der Waals surface area contributed by atoms with Crippen molar-refractivity contribution in [3.63, 3.8) is 0 Å². The van der Waals surface area contributed by atoms with Crippen molar-refractivity contribution >= 4 is 24.0 Å². The van der Waals surface area contributed by atoms with Crippen LogP contribution in [-0.4, -0.2) is 40.8 Å². The number of esters is 2. The minimum Gasteiger partial charge on any atom is -0.481 e. The summed E-state index contributed by atoms with van der Waals surface area (Å²) in [6.07, 6.45) is -1.38. The van der Waals surface area contributed by atoms with Gasteiger partial charge in [-0.1, -0.05) is 13.8 Å². The second-order valence-corrected chi connectivity index (χ2v) is 6.52. The zero-order chi connectivity index (χ0) is 18.2. The summed E-state index contributed by atoms with van der Waals surface area (Å²) < 4.78 is 9.65. The van der Waals surface area contributed by atoms with Gasteiger partial charge in [0.15, 0.2) is 0 Å². The standard InChI is InChI=1S/C15H25NO7/c1-9(2)8-10(16-14(21)23-15(3,4)5)13(20)22-12(19)7-6-11(17)18/h9-10H,6-8H2,1-5H3,(H,16,21)(H,17,18)/t10-/m0/s1. The van der Waals surface area contributed by atoms with E-state index in [0.29, 0.717) is 0 Å². The molecule has 0 aliphatic carbocycles. The Hall–Kier alpha value is -2.12. The van der Waals surface area contributed by atoms with Gasteiger partial charge in [-0.3, -0.25) is 9.59 Å². The first-order chi connectivity index (χ1) is 10.4. The Kier molecular flexibility index (Phi) is 8.28. The highest BCUT2D eigenvalue weighted by molar-refractivity contribution is 5.91. The monoisotopic (exact) mass is 331 g/mol. The van der Waals surface area contributed by atoms with Gasteiger partial charge >= 0.3 is 24.0 Å². The number of rotatable bonds is 7. The van der Waals surface area contributed by atoms with Crippen LogP contribution in [0.25, 0.3) is 0 Å². The summed E-state index contributed by atoms with van der Waals surface area (Å²) >= 11 is 0. The highest BCUT2D eigenvalue weighted by Crippen LogP contribution is 2.11.